The van der Waals surface area contributed by atoms with Crippen molar-refractivity contribution in [1.82, 2.24) is 9.97 Å². The van der Waals surface area contributed by atoms with Gasteiger partial charge in [0.05, 0.1) is 7.11 Å². The van der Waals surface area contributed by atoms with Crippen LogP contribution in [0.5, 0.6) is 17.2 Å². The lowest BCUT2D eigenvalue weighted by Gasteiger charge is -2.13. The average Bonchev–Trinajstić information content (AvgIpc) is 3.27. The minimum Gasteiger partial charge on any atom is -0.493 e. The van der Waals surface area contributed by atoms with Crippen LogP contribution in [0.4, 0.5) is 5.69 Å². The Morgan fingerprint density at radius 2 is 2.00 bits per heavy atom. The number of hydrogen-bond donors (Lipinski definition) is 2. The van der Waals surface area contributed by atoms with E-state index in [2.05, 4.69) is 15.3 Å². The monoisotopic (exact) mass is 421 g/mol. The van der Waals surface area contributed by atoms with Gasteiger partial charge in [0, 0.05) is 37.1 Å². The Morgan fingerprint density at radius 1 is 1.16 bits per heavy atom. The van der Waals surface area contributed by atoms with E-state index in [1.165, 1.54) is 20.1 Å². The van der Waals surface area contributed by atoms with Crippen molar-refractivity contribution in [3.8, 4) is 17.2 Å². The fraction of sp³-hybridized carbons (Fsp3) is 0.174. The third kappa shape index (κ3) is 6.20. The number of nitrogens with one attached hydrogen (secondary N) is 2. The van der Waals surface area contributed by atoms with Crippen LogP contribution in [0.15, 0.2) is 60.9 Å². The number of esters is 1. The maximum Gasteiger partial charge on any atom is 0.308 e. The average molecular weight is 421 g/mol. The number of benzene rings is 2. The second-order valence-electron chi connectivity index (χ2n) is 6.59. The summed E-state index contributed by atoms with van der Waals surface area (Å²) in [4.78, 5) is 30.8. The molecule has 2 N–H and O–H groups in total. The summed E-state index contributed by atoms with van der Waals surface area (Å²) in [5.74, 6) is 1.25. The van der Waals surface area contributed by atoms with Gasteiger partial charge in [-0.25, -0.2) is 4.98 Å². The van der Waals surface area contributed by atoms with Gasteiger partial charge in [-0.15, -0.1) is 0 Å². The number of methoxy groups -OCH3 is 1. The molecule has 0 bridgehead atoms. The predicted molar refractivity (Wildman–Crippen MR) is 116 cm³/mol. The largest absolute Gasteiger partial charge is 0.493 e. The first-order chi connectivity index (χ1) is 14.9. The first kappa shape index (κ1) is 21.6. The highest BCUT2D eigenvalue weighted by Gasteiger charge is 2.10. The van der Waals surface area contributed by atoms with Crippen LogP contribution in [0, 0.1) is 0 Å². The molecule has 0 saturated heterocycles. The fourth-order valence-corrected chi connectivity index (χ4v) is 2.79. The van der Waals surface area contributed by atoms with Crippen LogP contribution < -0.4 is 19.5 Å². The number of aromatic nitrogens is 2. The van der Waals surface area contributed by atoms with Crippen molar-refractivity contribution in [3.63, 3.8) is 0 Å². The van der Waals surface area contributed by atoms with Crippen molar-refractivity contribution in [2.75, 3.05) is 12.4 Å². The van der Waals surface area contributed by atoms with Crippen LogP contribution in [0.1, 0.15) is 31.3 Å². The molecule has 3 rings (SSSR count). The molecule has 8 nitrogen and oxygen atoms in total. The Hall–Kier alpha value is -4.07. The highest BCUT2D eigenvalue weighted by molar-refractivity contribution is 6.02. The summed E-state index contributed by atoms with van der Waals surface area (Å²) in [5, 5.41) is 2.79. The number of carbonyl (C=O) groups is 2. The van der Waals surface area contributed by atoms with Gasteiger partial charge in [-0.3, -0.25) is 9.59 Å². The Kier molecular flexibility index (Phi) is 7.05. The molecule has 0 saturated carbocycles. The van der Waals surface area contributed by atoms with Gasteiger partial charge in [0.1, 0.15) is 11.6 Å². The number of amides is 1. The Balaban J connectivity index is 1.64. The first-order valence-electron chi connectivity index (χ1n) is 9.56. The predicted octanol–water partition coefficient (Wildman–Crippen LogP) is 4.14. The molecule has 8 heteroatoms. The Labute approximate surface area is 179 Å². The van der Waals surface area contributed by atoms with Gasteiger partial charge in [-0.1, -0.05) is 12.1 Å². The van der Waals surface area contributed by atoms with Crippen LogP contribution in [0.25, 0.3) is 6.08 Å². The van der Waals surface area contributed by atoms with E-state index in [4.69, 9.17) is 14.2 Å². The minimum absolute atomic E-state index is 0.262. The summed E-state index contributed by atoms with van der Waals surface area (Å²) >= 11 is 0. The van der Waals surface area contributed by atoms with Gasteiger partial charge in [0.25, 0.3) is 0 Å². The molecule has 1 aromatic heterocycles. The third-order valence-electron chi connectivity index (χ3n) is 4.19. The summed E-state index contributed by atoms with van der Waals surface area (Å²) in [5.41, 5.74) is 1.27. The molecule has 1 atom stereocenters. The van der Waals surface area contributed by atoms with Crippen LogP contribution >= 0.6 is 0 Å². The second-order valence-corrected chi connectivity index (χ2v) is 6.59. The van der Waals surface area contributed by atoms with Crippen molar-refractivity contribution >= 4 is 23.6 Å². The highest BCUT2D eigenvalue weighted by Crippen LogP contribution is 2.29. The van der Waals surface area contributed by atoms with Crippen LogP contribution in [-0.2, 0) is 9.59 Å². The van der Waals surface area contributed by atoms with E-state index in [0.717, 1.165) is 0 Å². The maximum absolute atomic E-state index is 12.3. The first-order valence-corrected chi connectivity index (χ1v) is 9.56. The van der Waals surface area contributed by atoms with Gasteiger partial charge in [0.15, 0.2) is 17.6 Å². The molecular weight excluding hydrogens is 398 g/mol. The highest BCUT2D eigenvalue weighted by atomic mass is 16.6. The van der Waals surface area contributed by atoms with Gasteiger partial charge in [-0.2, -0.15) is 0 Å². The molecule has 0 fully saturated rings. The molecular formula is C23H23N3O5. The maximum atomic E-state index is 12.3. The summed E-state index contributed by atoms with van der Waals surface area (Å²) < 4.78 is 16.2. The zero-order chi connectivity index (χ0) is 22.2. The molecule has 1 amide bonds. The number of H-pyrrole nitrogens is 1. The van der Waals surface area contributed by atoms with E-state index in [1.54, 1.807) is 60.9 Å². The molecule has 1 heterocycles. The van der Waals surface area contributed by atoms with Crippen molar-refractivity contribution in [2.24, 2.45) is 0 Å². The number of rotatable bonds is 8. The zero-order valence-corrected chi connectivity index (χ0v) is 17.4. The smallest absolute Gasteiger partial charge is 0.308 e. The van der Waals surface area contributed by atoms with Gasteiger partial charge >= 0.3 is 5.97 Å². The van der Waals surface area contributed by atoms with Crippen molar-refractivity contribution in [3.05, 3.63) is 72.3 Å². The Bertz CT molecular complexity index is 1080. The zero-order valence-electron chi connectivity index (χ0n) is 17.4. The van der Waals surface area contributed by atoms with Crippen molar-refractivity contribution in [1.29, 1.82) is 0 Å². The molecule has 31 heavy (non-hydrogen) atoms. The molecule has 0 spiro atoms. The van der Waals surface area contributed by atoms with E-state index in [-0.39, 0.29) is 17.8 Å². The molecule has 2 aromatic carbocycles. The normalized spacial score (nSPS) is 11.7. The Morgan fingerprint density at radius 3 is 2.71 bits per heavy atom. The SMILES string of the molecule is COc1ccc(/C=C/C(=O)Nc2cccc(OC(C)c3ncc[nH]3)c2)cc1OC(C)=O. The molecule has 1 unspecified atom stereocenters. The lowest BCUT2D eigenvalue weighted by Crippen LogP contribution is -2.09. The van der Waals surface area contributed by atoms with Crippen LogP contribution in [0.3, 0.4) is 0 Å². The van der Waals surface area contributed by atoms with E-state index >= 15 is 0 Å². The van der Waals surface area contributed by atoms with E-state index in [1.807, 2.05) is 6.92 Å². The lowest BCUT2D eigenvalue weighted by atomic mass is 10.2. The number of nitrogens with zero attached hydrogens (tertiary/aromatic N) is 1. The molecule has 0 aliphatic rings. The number of aromatic amines is 1. The van der Waals surface area contributed by atoms with E-state index in [9.17, 15) is 9.59 Å². The van der Waals surface area contributed by atoms with Gasteiger partial charge in [-0.05, 0) is 42.8 Å². The fourth-order valence-electron chi connectivity index (χ4n) is 2.79. The number of anilines is 1. The molecule has 0 aliphatic carbocycles. The van der Waals surface area contributed by atoms with Crippen LogP contribution in [0.2, 0.25) is 0 Å². The van der Waals surface area contributed by atoms with Gasteiger partial charge < -0.3 is 24.5 Å². The van der Waals surface area contributed by atoms with E-state index in [0.29, 0.717) is 28.6 Å². The molecule has 0 aliphatic heterocycles. The summed E-state index contributed by atoms with van der Waals surface area (Å²) in [6.45, 7) is 3.19. The topological polar surface area (TPSA) is 103 Å². The van der Waals surface area contributed by atoms with Gasteiger partial charge in [0.2, 0.25) is 5.91 Å². The number of carbonyl (C=O) groups excluding carboxylic acids is 2. The second kappa shape index (κ2) is 10.1. The van der Waals surface area contributed by atoms with E-state index < -0.39 is 5.97 Å². The minimum atomic E-state index is -0.458. The molecule has 0 radical (unpaired) electrons. The summed E-state index contributed by atoms with van der Waals surface area (Å²) in [6, 6.07) is 12.1. The van der Waals surface area contributed by atoms with Crippen molar-refractivity contribution in [2.45, 2.75) is 20.0 Å². The summed E-state index contributed by atoms with van der Waals surface area (Å²) in [7, 11) is 1.48. The summed E-state index contributed by atoms with van der Waals surface area (Å²) in [6.07, 6.45) is 6.13. The lowest BCUT2D eigenvalue weighted by molar-refractivity contribution is -0.132. The standard InChI is InChI=1S/C23H23N3O5/c1-15(23-24-11-12-25-23)30-19-6-4-5-18(14-19)26-22(28)10-8-17-7-9-20(29-3)21(13-17)31-16(2)27/h4-15H,1-3H3,(H,24,25)(H,26,28)/b10-8+. The number of imidazole rings is 1. The third-order valence-corrected chi connectivity index (χ3v) is 4.19. The van der Waals surface area contributed by atoms with Crippen LogP contribution in [-0.4, -0.2) is 29.0 Å². The number of ether oxygens (including phenoxy) is 3. The molecule has 3 aromatic rings. The van der Waals surface area contributed by atoms with Crippen molar-refractivity contribution < 1.29 is 23.8 Å². The molecule has 160 valence electrons. The number of hydrogen-bond acceptors (Lipinski definition) is 6. The quantitative estimate of drug-likeness (QED) is 0.322.